The highest BCUT2D eigenvalue weighted by atomic mass is 79.9. The predicted octanol–water partition coefficient (Wildman–Crippen LogP) is 5.00. The SMILES string of the molecule is CC(Cl)C(=O)c1ccc(CBr)c(SC(F)(F)F)c1. The van der Waals surface area contributed by atoms with Crippen molar-refractivity contribution in [2.45, 2.75) is 28.0 Å². The van der Waals surface area contributed by atoms with Crippen LogP contribution in [-0.2, 0) is 5.33 Å². The summed E-state index contributed by atoms with van der Waals surface area (Å²) in [4.78, 5) is 11.6. The highest BCUT2D eigenvalue weighted by molar-refractivity contribution is 9.08. The van der Waals surface area contributed by atoms with Gasteiger partial charge in [0.1, 0.15) is 0 Å². The van der Waals surface area contributed by atoms with Crippen molar-refractivity contribution in [1.29, 1.82) is 0 Å². The molecule has 0 amide bonds. The molecular formula is C11H9BrClF3OS. The lowest BCUT2D eigenvalue weighted by molar-refractivity contribution is -0.0328. The van der Waals surface area contributed by atoms with Crippen molar-refractivity contribution in [2.24, 2.45) is 0 Å². The van der Waals surface area contributed by atoms with E-state index in [9.17, 15) is 18.0 Å². The van der Waals surface area contributed by atoms with E-state index < -0.39 is 10.9 Å². The van der Waals surface area contributed by atoms with Crippen LogP contribution in [0.1, 0.15) is 22.8 Å². The van der Waals surface area contributed by atoms with Gasteiger partial charge in [-0.15, -0.1) is 11.6 Å². The minimum absolute atomic E-state index is 0.0162. The average Bonchev–Trinajstić information content (AvgIpc) is 2.25. The average molecular weight is 362 g/mol. The number of alkyl halides is 5. The molecule has 0 saturated carbocycles. The Hall–Kier alpha value is -0.200. The third kappa shape index (κ3) is 4.48. The maximum absolute atomic E-state index is 12.4. The molecule has 0 saturated heterocycles. The first-order valence-electron chi connectivity index (χ1n) is 4.87. The Kier molecular flexibility index (Phi) is 5.55. The van der Waals surface area contributed by atoms with E-state index in [0.29, 0.717) is 5.56 Å². The second-order valence-corrected chi connectivity index (χ2v) is 5.81. The molecular weight excluding hydrogens is 353 g/mol. The molecule has 0 N–H and O–H groups in total. The Morgan fingerprint density at radius 2 is 2.11 bits per heavy atom. The predicted molar refractivity (Wildman–Crippen MR) is 70.6 cm³/mol. The van der Waals surface area contributed by atoms with Gasteiger partial charge in [-0.3, -0.25) is 4.79 Å². The second kappa shape index (κ2) is 6.30. The molecule has 1 aromatic rings. The first-order chi connectivity index (χ1) is 8.24. The summed E-state index contributed by atoms with van der Waals surface area (Å²) in [7, 11) is 0. The molecule has 1 unspecified atom stereocenters. The molecule has 0 bridgehead atoms. The third-order valence-electron chi connectivity index (χ3n) is 2.08. The number of hydrogen-bond acceptors (Lipinski definition) is 2. The molecule has 1 atom stereocenters. The number of halogens is 5. The van der Waals surface area contributed by atoms with Crippen molar-refractivity contribution in [2.75, 3.05) is 0 Å². The molecule has 0 radical (unpaired) electrons. The van der Waals surface area contributed by atoms with Crippen molar-refractivity contribution in [3.05, 3.63) is 29.3 Å². The Labute approximate surface area is 120 Å². The molecule has 1 aromatic carbocycles. The monoisotopic (exact) mass is 360 g/mol. The molecule has 18 heavy (non-hydrogen) atoms. The summed E-state index contributed by atoms with van der Waals surface area (Å²) in [5, 5.41) is -0.473. The van der Waals surface area contributed by atoms with Gasteiger partial charge in [-0.05, 0) is 30.3 Å². The van der Waals surface area contributed by atoms with Crippen molar-refractivity contribution >= 4 is 45.1 Å². The lowest BCUT2D eigenvalue weighted by Crippen LogP contribution is -2.11. The Morgan fingerprint density at radius 3 is 2.56 bits per heavy atom. The minimum atomic E-state index is -4.38. The fourth-order valence-corrected chi connectivity index (χ4v) is 2.77. The number of carbonyl (C=O) groups excluding carboxylic acids is 1. The van der Waals surface area contributed by atoms with Gasteiger partial charge in [-0.25, -0.2) is 0 Å². The molecule has 7 heteroatoms. The van der Waals surface area contributed by atoms with Gasteiger partial charge in [0.2, 0.25) is 0 Å². The first-order valence-corrected chi connectivity index (χ1v) is 7.25. The molecule has 1 nitrogen and oxygen atoms in total. The van der Waals surface area contributed by atoms with Crippen LogP contribution in [0.2, 0.25) is 0 Å². The molecule has 0 aliphatic carbocycles. The second-order valence-electron chi connectivity index (χ2n) is 3.48. The van der Waals surface area contributed by atoms with Crippen LogP contribution in [0.15, 0.2) is 23.1 Å². The van der Waals surface area contributed by atoms with Crippen LogP contribution in [-0.4, -0.2) is 16.7 Å². The molecule has 0 fully saturated rings. The summed E-state index contributed by atoms with van der Waals surface area (Å²) in [5.74, 6) is -0.387. The molecule has 0 aromatic heterocycles. The summed E-state index contributed by atoms with van der Waals surface area (Å²) in [6.45, 7) is 1.48. The Balaban J connectivity index is 3.13. The molecule has 0 spiro atoms. The van der Waals surface area contributed by atoms with Crippen LogP contribution in [0.4, 0.5) is 13.2 Å². The maximum Gasteiger partial charge on any atom is 0.446 e. The number of Topliss-reactive ketones (excluding diaryl/α,β-unsaturated/α-hetero) is 1. The van der Waals surface area contributed by atoms with E-state index in [1.807, 2.05) is 0 Å². The smallest absolute Gasteiger partial charge is 0.293 e. The van der Waals surface area contributed by atoms with Crippen LogP contribution in [0.25, 0.3) is 0 Å². The summed E-state index contributed by atoms with van der Waals surface area (Å²) in [6, 6.07) is 4.21. The topological polar surface area (TPSA) is 17.1 Å². The zero-order chi connectivity index (χ0) is 13.9. The van der Waals surface area contributed by atoms with E-state index in [0.717, 1.165) is 0 Å². The largest absolute Gasteiger partial charge is 0.446 e. The highest BCUT2D eigenvalue weighted by Crippen LogP contribution is 2.39. The number of ketones is 1. The lowest BCUT2D eigenvalue weighted by Gasteiger charge is -2.11. The minimum Gasteiger partial charge on any atom is -0.293 e. The molecule has 100 valence electrons. The van der Waals surface area contributed by atoms with E-state index in [4.69, 9.17) is 11.6 Å². The van der Waals surface area contributed by atoms with Crippen LogP contribution >= 0.6 is 39.3 Å². The fourth-order valence-electron chi connectivity index (χ4n) is 1.27. The van der Waals surface area contributed by atoms with Gasteiger partial charge in [0, 0.05) is 15.8 Å². The maximum atomic E-state index is 12.4. The van der Waals surface area contributed by atoms with Gasteiger partial charge in [-0.1, -0.05) is 28.1 Å². The lowest BCUT2D eigenvalue weighted by atomic mass is 10.1. The number of hydrogen-bond donors (Lipinski definition) is 0. The van der Waals surface area contributed by atoms with E-state index in [1.165, 1.54) is 25.1 Å². The zero-order valence-corrected chi connectivity index (χ0v) is 12.4. The first kappa shape index (κ1) is 15.9. The normalized spacial score (nSPS) is 13.4. The van der Waals surface area contributed by atoms with Gasteiger partial charge >= 0.3 is 5.51 Å². The van der Waals surface area contributed by atoms with Gasteiger partial charge in [0.05, 0.1) is 5.38 Å². The van der Waals surface area contributed by atoms with E-state index >= 15 is 0 Å². The van der Waals surface area contributed by atoms with Gasteiger partial charge in [0.15, 0.2) is 5.78 Å². The van der Waals surface area contributed by atoms with E-state index in [2.05, 4.69) is 15.9 Å². The third-order valence-corrected chi connectivity index (χ3v) is 3.72. The summed E-state index contributed by atoms with van der Waals surface area (Å²) in [5.41, 5.74) is -3.71. The standard InChI is InChI=1S/C11H9BrClF3OS/c1-6(13)10(17)7-2-3-8(5-12)9(4-7)18-11(14,15)16/h2-4,6H,5H2,1H3. The van der Waals surface area contributed by atoms with Gasteiger partial charge in [-0.2, -0.15) is 13.2 Å². The molecule has 0 aliphatic rings. The number of carbonyl (C=O) groups is 1. The number of rotatable bonds is 4. The zero-order valence-electron chi connectivity index (χ0n) is 9.22. The highest BCUT2D eigenvalue weighted by Gasteiger charge is 2.30. The van der Waals surface area contributed by atoms with Crippen LogP contribution in [0.3, 0.4) is 0 Å². The van der Waals surface area contributed by atoms with E-state index in [-0.39, 0.29) is 33.3 Å². The Morgan fingerprint density at radius 1 is 1.50 bits per heavy atom. The van der Waals surface area contributed by atoms with Crippen molar-refractivity contribution in [1.82, 2.24) is 0 Å². The van der Waals surface area contributed by atoms with Crippen LogP contribution < -0.4 is 0 Å². The number of benzene rings is 1. The Bertz CT molecular complexity index is 448. The van der Waals surface area contributed by atoms with Crippen molar-refractivity contribution < 1.29 is 18.0 Å². The summed E-state index contributed by atoms with van der Waals surface area (Å²) in [6.07, 6.45) is 0. The van der Waals surface area contributed by atoms with Gasteiger partial charge in [0.25, 0.3) is 0 Å². The summed E-state index contributed by atoms with van der Waals surface area (Å²) < 4.78 is 37.2. The summed E-state index contributed by atoms with van der Waals surface area (Å²) >= 11 is 8.52. The van der Waals surface area contributed by atoms with E-state index in [1.54, 1.807) is 0 Å². The van der Waals surface area contributed by atoms with Crippen molar-refractivity contribution in [3.8, 4) is 0 Å². The molecule has 0 aliphatic heterocycles. The van der Waals surface area contributed by atoms with Crippen molar-refractivity contribution in [3.63, 3.8) is 0 Å². The van der Waals surface area contributed by atoms with Gasteiger partial charge < -0.3 is 0 Å². The molecule has 1 rings (SSSR count). The van der Waals surface area contributed by atoms with Crippen LogP contribution in [0, 0.1) is 0 Å². The number of thioether (sulfide) groups is 1. The fraction of sp³-hybridized carbons (Fsp3) is 0.364. The quantitative estimate of drug-likeness (QED) is 0.426. The van der Waals surface area contributed by atoms with Crippen LogP contribution in [0.5, 0.6) is 0 Å². The molecule has 0 heterocycles.